The molecule has 0 saturated heterocycles. The Kier molecular flexibility index (Phi) is 5.29. The van der Waals surface area contributed by atoms with Gasteiger partial charge in [-0.2, -0.15) is 0 Å². The van der Waals surface area contributed by atoms with Crippen LogP contribution in [0.2, 0.25) is 0 Å². The van der Waals surface area contributed by atoms with Crippen LogP contribution < -0.4 is 10.1 Å². The van der Waals surface area contributed by atoms with E-state index in [1.807, 2.05) is 19.2 Å². The van der Waals surface area contributed by atoms with Gasteiger partial charge in [0.2, 0.25) is 0 Å². The summed E-state index contributed by atoms with van der Waals surface area (Å²) in [6, 6.07) is 8.42. The number of methoxy groups -OCH3 is 2. The molecule has 1 aromatic carbocycles. The SMILES string of the molecule is CNC(CC(C)OC)c1cccc(OC)c1. The predicted molar refractivity (Wildman–Crippen MR) is 65.9 cm³/mol. The monoisotopic (exact) mass is 223 g/mol. The van der Waals surface area contributed by atoms with Gasteiger partial charge in [-0.1, -0.05) is 12.1 Å². The van der Waals surface area contributed by atoms with Gasteiger partial charge in [0, 0.05) is 13.2 Å². The quantitative estimate of drug-likeness (QED) is 0.803. The summed E-state index contributed by atoms with van der Waals surface area (Å²) in [5.41, 5.74) is 1.23. The fourth-order valence-corrected chi connectivity index (χ4v) is 1.71. The molecule has 0 radical (unpaired) electrons. The van der Waals surface area contributed by atoms with Crippen LogP contribution in [0, 0.1) is 0 Å². The van der Waals surface area contributed by atoms with E-state index >= 15 is 0 Å². The lowest BCUT2D eigenvalue weighted by atomic mass is 10.0. The lowest BCUT2D eigenvalue weighted by molar-refractivity contribution is 0.101. The fourth-order valence-electron chi connectivity index (χ4n) is 1.71. The Hall–Kier alpha value is -1.06. The first kappa shape index (κ1) is 13.0. The summed E-state index contributed by atoms with van der Waals surface area (Å²) in [5.74, 6) is 0.891. The number of benzene rings is 1. The van der Waals surface area contributed by atoms with Gasteiger partial charge in [-0.3, -0.25) is 0 Å². The van der Waals surface area contributed by atoms with Crippen LogP contribution in [0.15, 0.2) is 24.3 Å². The highest BCUT2D eigenvalue weighted by Crippen LogP contribution is 2.22. The van der Waals surface area contributed by atoms with Crippen molar-refractivity contribution < 1.29 is 9.47 Å². The Morgan fingerprint density at radius 1 is 1.31 bits per heavy atom. The number of hydrogen-bond acceptors (Lipinski definition) is 3. The minimum atomic E-state index is 0.239. The topological polar surface area (TPSA) is 30.5 Å². The van der Waals surface area contributed by atoms with E-state index < -0.39 is 0 Å². The van der Waals surface area contributed by atoms with Gasteiger partial charge in [0.15, 0.2) is 0 Å². The third-order valence-electron chi connectivity index (χ3n) is 2.81. The summed E-state index contributed by atoms with van der Waals surface area (Å²) in [5, 5.41) is 3.30. The van der Waals surface area contributed by atoms with Gasteiger partial charge < -0.3 is 14.8 Å². The van der Waals surface area contributed by atoms with E-state index in [2.05, 4.69) is 24.4 Å². The van der Waals surface area contributed by atoms with E-state index in [-0.39, 0.29) is 6.10 Å². The maximum absolute atomic E-state index is 5.29. The summed E-state index contributed by atoms with van der Waals surface area (Å²) in [4.78, 5) is 0. The summed E-state index contributed by atoms with van der Waals surface area (Å²) in [6.07, 6.45) is 1.18. The van der Waals surface area contributed by atoms with Crippen molar-refractivity contribution in [1.82, 2.24) is 5.32 Å². The van der Waals surface area contributed by atoms with Crippen LogP contribution in [0.4, 0.5) is 0 Å². The highest BCUT2D eigenvalue weighted by atomic mass is 16.5. The molecule has 1 rings (SSSR count). The average Bonchev–Trinajstić information content (AvgIpc) is 2.35. The first-order valence-corrected chi connectivity index (χ1v) is 5.55. The van der Waals surface area contributed by atoms with E-state index in [0.717, 1.165) is 12.2 Å². The Balaban J connectivity index is 2.77. The zero-order valence-corrected chi connectivity index (χ0v) is 10.5. The second-order valence-electron chi connectivity index (χ2n) is 3.90. The molecule has 16 heavy (non-hydrogen) atoms. The van der Waals surface area contributed by atoms with Gasteiger partial charge >= 0.3 is 0 Å². The number of ether oxygens (including phenoxy) is 2. The van der Waals surface area contributed by atoms with Crippen LogP contribution in [0.1, 0.15) is 24.9 Å². The molecular weight excluding hydrogens is 202 g/mol. The second-order valence-corrected chi connectivity index (χ2v) is 3.90. The van der Waals surface area contributed by atoms with Crippen molar-refractivity contribution in [3.05, 3.63) is 29.8 Å². The van der Waals surface area contributed by atoms with Crippen molar-refractivity contribution in [2.24, 2.45) is 0 Å². The summed E-state index contributed by atoms with van der Waals surface area (Å²) in [7, 11) is 5.39. The second kappa shape index (κ2) is 6.51. The Bertz CT molecular complexity index is 315. The van der Waals surface area contributed by atoms with Crippen LogP contribution in [-0.4, -0.2) is 27.4 Å². The van der Waals surface area contributed by atoms with E-state index in [1.165, 1.54) is 5.56 Å². The normalized spacial score (nSPS) is 14.5. The van der Waals surface area contributed by atoms with Gasteiger partial charge in [-0.05, 0) is 38.1 Å². The lowest BCUT2D eigenvalue weighted by Crippen LogP contribution is -2.21. The maximum atomic E-state index is 5.29. The highest BCUT2D eigenvalue weighted by Gasteiger charge is 2.13. The first-order chi connectivity index (χ1) is 7.71. The minimum absolute atomic E-state index is 0.239. The van der Waals surface area contributed by atoms with Crippen molar-refractivity contribution in [2.75, 3.05) is 21.3 Å². The van der Waals surface area contributed by atoms with E-state index in [0.29, 0.717) is 6.04 Å². The highest BCUT2D eigenvalue weighted by molar-refractivity contribution is 5.30. The molecule has 0 aliphatic carbocycles. The molecule has 0 saturated carbocycles. The molecule has 0 aromatic heterocycles. The first-order valence-electron chi connectivity index (χ1n) is 5.55. The minimum Gasteiger partial charge on any atom is -0.497 e. The predicted octanol–water partition coefficient (Wildman–Crippen LogP) is 2.38. The van der Waals surface area contributed by atoms with Crippen molar-refractivity contribution in [3.8, 4) is 5.75 Å². The van der Waals surface area contributed by atoms with Crippen molar-refractivity contribution >= 4 is 0 Å². The van der Waals surface area contributed by atoms with Crippen LogP contribution in [-0.2, 0) is 4.74 Å². The van der Waals surface area contributed by atoms with Crippen molar-refractivity contribution in [3.63, 3.8) is 0 Å². The molecular formula is C13H21NO2. The molecule has 0 aliphatic rings. The van der Waals surface area contributed by atoms with Gasteiger partial charge in [-0.15, -0.1) is 0 Å². The summed E-state index contributed by atoms with van der Waals surface area (Å²) >= 11 is 0. The van der Waals surface area contributed by atoms with Crippen LogP contribution >= 0.6 is 0 Å². The number of hydrogen-bond donors (Lipinski definition) is 1. The van der Waals surface area contributed by atoms with Crippen LogP contribution in [0.5, 0.6) is 5.75 Å². The third-order valence-corrected chi connectivity index (χ3v) is 2.81. The van der Waals surface area contributed by atoms with Crippen LogP contribution in [0.3, 0.4) is 0 Å². The summed E-state index contributed by atoms with van der Waals surface area (Å²) < 4.78 is 10.5. The van der Waals surface area contributed by atoms with E-state index in [1.54, 1.807) is 14.2 Å². The molecule has 1 aromatic rings. The summed E-state index contributed by atoms with van der Waals surface area (Å²) in [6.45, 7) is 2.07. The average molecular weight is 223 g/mol. The molecule has 1 N–H and O–H groups in total. The lowest BCUT2D eigenvalue weighted by Gasteiger charge is -2.20. The standard InChI is InChI=1S/C13H21NO2/c1-10(15-3)8-13(14-2)11-6-5-7-12(9-11)16-4/h5-7,9-10,13-14H,8H2,1-4H3. The fraction of sp³-hybridized carbons (Fsp3) is 0.538. The zero-order chi connectivity index (χ0) is 12.0. The largest absolute Gasteiger partial charge is 0.497 e. The Morgan fingerprint density at radius 3 is 2.62 bits per heavy atom. The molecule has 3 heteroatoms. The molecule has 0 heterocycles. The van der Waals surface area contributed by atoms with Gasteiger partial charge in [0.05, 0.1) is 13.2 Å². The Morgan fingerprint density at radius 2 is 2.06 bits per heavy atom. The Labute approximate surface area is 97.8 Å². The molecule has 3 nitrogen and oxygen atoms in total. The maximum Gasteiger partial charge on any atom is 0.119 e. The van der Waals surface area contributed by atoms with Gasteiger partial charge in [0.25, 0.3) is 0 Å². The van der Waals surface area contributed by atoms with E-state index in [9.17, 15) is 0 Å². The molecule has 0 spiro atoms. The molecule has 2 unspecified atom stereocenters. The van der Waals surface area contributed by atoms with Crippen molar-refractivity contribution in [1.29, 1.82) is 0 Å². The zero-order valence-electron chi connectivity index (χ0n) is 10.5. The third kappa shape index (κ3) is 3.51. The van der Waals surface area contributed by atoms with E-state index in [4.69, 9.17) is 9.47 Å². The smallest absolute Gasteiger partial charge is 0.119 e. The molecule has 0 aliphatic heterocycles. The van der Waals surface area contributed by atoms with Gasteiger partial charge in [0.1, 0.15) is 5.75 Å². The molecule has 0 amide bonds. The number of nitrogens with one attached hydrogen (secondary N) is 1. The van der Waals surface area contributed by atoms with Gasteiger partial charge in [-0.25, -0.2) is 0 Å². The molecule has 2 atom stereocenters. The molecule has 0 bridgehead atoms. The van der Waals surface area contributed by atoms with Crippen LogP contribution in [0.25, 0.3) is 0 Å². The molecule has 0 fully saturated rings. The number of rotatable bonds is 6. The van der Waals surface area contributed by atoms with Crippen molar-refractivity contribution in [2.45, 2.75) is 25.5 Å². The molecule has 90 valence electrons.